The molecule has 0 aliphatic carbocycles. The number of rotatable bonds is 1. The highest BCUT2D eigenvalue weighted by Gasteiger charge is 2.13. The van der Waals surface area contributed by atoms with Gasteiger partial charge in [-0.3, -0.25) is 4.40 Å². The van der Waals surface area contributed by atoms with E-state index < -0.39 is 0 Å². The third-order valence-corrected chi connectivity index (χ3v) is 3.92. The number of H-pyrrole nitrogens is 1. The minimum absolute atomic E-state index is 0.869. The summed E-state index contributed by atoms with van der Waals surface area (Å²) in [6, 6.07) is 14.3. The van der Waals surface area contributed by atoms with Crippen molar-refractivity contribution in [2.24, 2.45) is 0 Å². The Balaban J connectivity index is 2.10. The van der Waals surface area contributed by atoms with Crippen LogP contribution >= 0.6 is 15.9 Å². The Kier molecular flexibility index (Phi) is 2.26. The van der Waals surface area contributed by atoms with E-state index in [4.69, 9.17) is 0 Å². The molecule has 0 saturated heterocycles. The molecule has 3 heterocycles. The van der Waals surface area contributed by atoms with Crippen molar-refractivity contribution in [3.8, 4) is 11.4 Å². The average molecular weight is 312 g/mol. The van der Waals surface area contributed by atoms with Gasteiger partial charge in [0.15, 0.2) is 0 Å². The Morgan fingerprint density at radius 2 is 1.89 bits per heavy atom. The lowest BCUT2D eigenvalue weighted by Gasteiger charge is -1.99. The van der Waals surface area contributed by atoms with Gasteiger partial charge in [-0.15, -0.1) is 0 Å². The Morgan fingerprint density at radius 3 is 2.84 bits per heavy atom. The molecule has 3 aromatic heterocycles. The second kappa shape index (κ2) is 3.96. The number of hydrogen-bond donors (Lipinski definition) is 1. The summed E-state index contributed by atoms with van der Waals surface area (Å²) in [6.45, 7) is 0. The number of benzene rings is 1. The second-order valence-corrected chi connectivity index (χ2v) is 5.18. The zero-order chi connectivity index (χ0) is 12.8. The summed E-state index contributed by atoms with van der Waals surface area (Å²) >= 11 is 3.53. The largest absolute Gasteiger partial charge is 0.360 e. The fraction of sp³-hybridized carbons (Fsp3) is 0. The second-order valence-electron chi connectivity index (χ2n) is 4.43. The van der Waals surface area contributed by atoms with Crippen molar-refractivity contribution in [1.29, 1.82) is 0 Å². The van der Waals surface area contributed by atoms with Crippen LogP contribution < -0.4 is 0 Å². The van der Waals surface area contributed by atoms with Crippen LogP contribution in [-0.4, -0.2) is 14.4 Å². The molecule has 0 atom stereocenters. The SMILES string of the molecule is Brc1nc(-c2c[nH]c3ccccc23)n2ccccc12. The zero-order valence-corrected chi connectivity index (χ0v) is 11.6. The number of nitrogens with zero attached hydrogens (tertiary/aromatic N) is 2. The molecule has 0 aliphatic heterocycles. The highest BCUT2D eigenvalue weighted by molar-refractivity contribution is 9.10. The van der Waals surface area contributed by atoms with Gasteiger partial charge >= 0.3 is 0 Å². The summed E-state index contributed by atoms with van der Waals surface area (Å²) in [4.78, 5) is 7.93. The van der Waals surface area contributed by atoms with E-state index in [9.17, 15) is 0 Å². The molecule has 4 rings (SSSR count). The first-order valence-corrected chi connectivity index (χ1v) is 6.83. The molecule has 0 saturated carbocycles. The molecule has 0 amide bonds. The molecule has 0 unspecified atom stereocenters. The summed E-state index contributed by atoms with van der Waals surface area (Å²) in [5, 5.41) is 1.19. The van der Waals surface area contributed by atoms with Crippen molar-refractivity contribution in [1.82, 2.24) is 14.4 Å². The van der Waals surface area contributed by atoms with Gasteiger partial charge in [0.2, 0.25) is 0 Å². The number of imidazole rings is 1. The van der Waals surface area contributed by atoms with Gasteiger partial charge < -0.3 is 4.98 Å². The van der Waals surface area contributed by atoms with E-state index >= 15 is 0 Å². The first-order valence-electron chi connectivity index (χ1n) is 6.03. The predicted octanol–water partition coefficient (Wildman–Crippen LogP) is 4.25. The summed E-state index contributed by atoms with van der Waals surface area (Å²) in [7, 11) is 0. The third-order valence-electron chi connectivity index (χ3n) is 3.33. The van der Waals surface area contributed by atoms with Gasteiger partial charge in [0.05, 0.1) is 5.52 Å². The van der Waals surface area contributed by atoms with E-state index in [0.717, 1.165) is 27.0 Å². The van der Waals surface area contributed by atoms with Crippen LogP contribution in [0.5, 0.6) is 0 Å². The Labute approximate surface area is 118 Å². The standard InChI is InChI=1S/C15H10BrN3/c16-14-13-7-3-4-8-19(13)15(18-14)11-9-17-12-6-2-1-5-10(11)12/h1-9,17H. The summed E-state index contributed by atoms with van der Waals surface area (Å²) in [6.07, 6.45) is 4.04. The summed E-state index contributed by atoms with van der Waals surface area (Å²) < 4.78 is 2.97. The Bertz CT molecular complexity index is 889. The van der Waals surface area contributed by atoms with Crippen molar-refractivity contribution in [3.05, 3.63) is 59.5 Å². The van der Waals surface area contributed by atoms with Gasteiger partial charge in [0.25, 0.3) is 0 Å². The molecular weight excluding hydrogens is 302 g/mol. The van der Waals surface area contributed by atoms with Crippen molar-refractivity contribution < 1.29 is 0 Å². The van der Waals surface area contributed by atoms with Crippen molar-refractivity contribution in [2.45, 2.75) is 0 Å². The maximum absolute atomic E-state index is 4.64. The van der Waals surface area contributed by atoms with E-state index in [-0.39, 0.29) is 0 Å². The molecule has 1 aromatic carbocycles. The van der Waals surface area contributed by atoms with E-state index in [1.165, 1.54) is 5.39 Å². The van der Waals surface area contributed by atoms with E-state index in [2.05, 4.69) is 48.5 Å². The fourth-order valence-corrected chi connectivity index (χ4v) is 2.94. The van der Waals surface area contributed by atoms with Crippen LogP contribution in [0.1, 0.15) is 0 Å². The number of aromatic amines is 1. The molecule has 0 aliphatic rings. The van der Waals surface area contributed by atoms with Crippen LogP contribution in [0, 0.1) is 0 Å². The van der Waals surface area contributed by atoms with Crippen LogP contribution in [0.3, 0.4) is 0 Å². The Morgan fingerprint density at radius 1 is 1.05 bits per heavy atom. The van der Waals surface area contributed by atoms with Crippen LogP contribution in [-0.2, 0) is 0 Å². The van der Waals surface area contributed by atoms with E-state index in [1.54, 1.807) is 0 Å². The lowest BCUT2D eigenvalue weighted by Crippen LogP contribution is -1.87. The minimum atomic E-state index is 0.869. The molecule has 4 aromatic rings. The molecule has 19 heavy (non-hydrogen) atoms. The third kappa shape index (κ3) is 1.53. The molecular formula is C15H10BrN3. The van der Waals surface area contributed by atoms with Gasteiger partial charge in [0, 0.05) is 28.9 Å². The molecule has 0 fully saturated rings. The summed E-state index contributed by atoms with van der Waals surface area (Å²) in [5.41, 5.74) is 3.31. The number of nitrogens with one attached hydrogen (secondary N) is 1. The lowest BCUT2D eigenvalue weighted by molar-refractivity contribution is 1.16. The molecule has 0 bridgehead atoms. The van der Waals surface area contributed by atoms with Gasteiger partial charge in [-0.25, -0.2) is 4.98 Å². The zero-order valence-electron chi connectivity index (χ0n) is 9.97. The molecule has 1 N–H and O–H groups in total. The normalized spacial score (nSPS) is 11.4. The van der Waals surface area contributed by atoms with Gasteiger partial charge in [-0.2, -0.15) is 0 Å². The quantitative estimate of drug-likeness (QED) is 0.560. The van der Waals surface area contributed by atoms with Gasteiger partial charge in [-0.05, 0) is 34.1 Å². The van der Waals surface area contributed by atoms with Crippen LogP contribution in [0.4, 0.5) is 0 Å². The number of halogens is 1. The molecule has 92 valence electrons. The smallest absolute Gasteiger partial charge is 0.148 e. The van der Waals surface area contributed by atoms with Crippen molar-refractivity contribution in [2.75, 3.05) is 0 Å². The molecule has 4 heteroatoms. The Hall–Kier alpha value is -2.07. The topological polar surface area (TPSA) is 33.1 Å². The predicted molar refractivity (Wildman–Crippen MR) is 80.2 cm³/mol. The lowest BCUT2D eigenvalue weighted by atomic mass is 10.1. The maximum Gasteiger partial charge on any atom is 0.148 e. The number of fused-ring (bicyclic) bond motifs is 2. The van der Waals surface area contributed by atoms with E-state index in [0.29, 0.717) is 0 Å². The molecule has 0 radical (unpaired) electrons. The van der Waals surface area contributed by atoms with Crippen molar-refractivity contribution in [3.63, 3.8) is 0 Å². The first kappa shape index (κ1) is 10.8. The van der Waals surface area contributed by atoms with Crippen LogP contribution in [0.15, 0.2) is 59.5 Å². The highest BCUT2D eigenvalue weighted by Crippen LogP contribution is 2.30. The first-order chi connectivity index (χ1) is 9.34. The van der Waals surface area contributed by atoms with Crippen LogP contribution in [0.25, 0.3) is 27.8 Å². The molecule has 0 spiro atoms. The fourth-order valence-electron chi connectivity index (χ4n) is 2.45. The number of aromatic nitrogens is 3. The monoisotopic (exact) mass is 311 g/mol. The maximum atomic E-state index is 4.64. The van der Waals surface area contributed by atoms with Crippen molar-refractivity contribution >= 4 is 32.3 Å². The highest BCUT2D eigenvalue weighted by atomic mass is 79.9. The van der Waals surface area contributed by atoms with Gasteiger partial charge in [0.1, 0.15) is 10.4 Å². The average Bonchev–Trinajstić information content (AvgIpc) is 3.01. The van der Waals surface area contributed by atoms with Gasteiger partial charge in [-0.1, -0.05) is 24.3 Å². The minimum Gasteiger partial charge on any atom is -0.360 e. The number of pyridine rings is 1. The number of hydrogen-bond acceptors (Lipinski definition) is 1. The number of para-hydroxylation sites is 1. The van der Waals surface area contributed by atoms with Crippen LogP contribution in [0.2, 0.25) is 0 Å². The summed E-state index contributed by atoms with van der Waals surface area (Å²) in [5.74, 6) is 0.944. The molecule has 3 nitrogen and oxygen atoms in total. The van der Waals surface area contributed by atoms with E-state index in [1.807, 2.05) is 36.7 Å².